The van der Waals surface area contributed by atoms with E-state index in [2.05, 4.69) is 17.4 Å². The first-order valence-corrected chi connectivity index (χ1v) is 11.4. The van der Waals surface area contributed by atoms with Crippen molar-refractivity contribution in [2.75, 3.05) is 0 Å². The Labute approximate surface area is 189 Å². The fourth-order valence-corrected chi connectivity index (χ4v) is 7.08. The summed E-state index contributed by atoms with van der Waals surface area (Å²) in [6.45, 7) is -0.120. The van der Waals surface area contributed by atoms with Gasteiger partial charge >= 0.3 is 6.18 Å². The first-order chi connectivity index (χ1) is 15.1. The molecule has 7 heteroatoms. The van der Waals surface area contributed by atoms with E-state index < -0.39 is 23.0 Å². The predicted molar refractivity (Wildman–Crippen MR) is 113 cm³/mol. The van der Waals surface area contributed by atoms with Crippen molar-refractivity contribution in [2.45, 2.75) is 56.7 Å². The van der Waals surface area contributed by atoms with Gasteiger partial charge in [0.15, 0.2) is 0 Å². The Hall–Kier alpha value is -2.08. The molecule has 0 aromatic heterocycles. The number of alkyl halides is 3. The normalized spacial score (nSPS) is 31.0. The van der Waals surface area contributed by atoms with Gasteiger partial charge in [-0.25, -0.2) is 4.39 Å². The topological polar surface area (TPSA) is 29.1 Å². The van der Waals surface area contributed by atoms with Crippen LogP contribution in [0.2, 0.25) is 5.02 Å². The van der Waals surface area contributed by atoms with Gasteiger partial charge < -0.3 is 5.32 Å². The van der Waals surface area contributed by atoms with Crippen molar-refractivity contribution in [1.29, 1.82) is 0 Å². The molecule has 2 atom stereocenters. The van der Waals surface area contributed by atoms with Crippen molar-refractivity contribution < 1.29 is 22.4 Å². The zero-order chi connectivity index (χ0) is 22.7. The number of benzene rings is 2. The summed E-state index contributed by atoms with van der Waals surface area (Å²) in [7, 11) is 0. The van der Waals surface area contributed by atoms with E-state index in [-0.39, 0.29) is 23.4 Å². The van der Waals surface area contributed by atoms with E-state index in [1.807, 2.05) is 12.1 Å². The number of carbonyl (C=O) groups excluding carboxylic acids is 1. The van der Waals surface area contributed by atoms with Gasteiger partial charge in [-0.1, -0.05) is 23.7 Å². The van der Waals surface area contributed by atoms with Crippen LogP contribution in [-0.2, 0) is 22.9 Å². The van der Waals surface area contributed by atoms with Gasteiger partial charge in [0.05, 0.1) is 11.0 Å². The Morgan fingerprint density at radius 3 is 2.31 bits per heavy atom. The number of hydrogen-bond donors (Lipinski definition) is 1. The molecule has 2 unspecified atom stereocenters. The molecule has 4 bridgehead atoms. The molecule has 2 nitrogen and oxygen atoms in total. The van der Waals surface area contributed by atoms with E-state index in [9.17, 15) is 22.4 Å². The molecule has 170 valence electrons. The number of hydrogen-bond acceptors (Lipinski definition) is 1. The fourth-order valence-electron chi connectivity index (χ4n) is 6.96. The smallest absolute Gasteiger partial charge is 0.352 e. The van der Waals surface area contributed by atoms with Crippen molar-refractivity contribution in [2.24, 2.45) is 17.3 Å². The minimum absolute atomic E-state index is 0.0612. The number of halogens is 5. The average molecular weight is 466 g/mol. The number of nitrogens with one attached hydrogen (secondary N) is 1. The molecule has 0 saturated heterocycles. The molecule has 0 spiro atoms. The lowest BCUT2D eigenvalue weighted by molar-refractivity contribution is -0.149. The molecular weight excluding hydrogens is 442 g/mol. The maximum absolute atomic E-state index is 13.7. The lowest BCUT2D eigenvalue weighted by atomic mass is 9.42. The zero-order valence-electron chi connectivity index (χ0n) is 17.4. The Morgan fingerprint density at radius 1 is 1.03 bits per heavy atom. The molecule has 6 rings (SSSR count). The number of rotatable bonds is 4. The van der Waals surface area contributed by atoms with Crippen LogP contribution in [0, 0.1) is 23.1 Å². The van der Waals surface area contributed by atoms with Crippen molar-refractivity contribution in [3.8, 4) is 0 Å². The Morgan fingerprint density at radius 2 is 1.69 bits per heavy atom. The molecule has 0 heterocycles. The van der Waals surface area contributed by atoms with Crippen LogP contribution in [0.3, 0.4) is 0 Å². The molecule has 1 amide bonds. The molecule has 4 saturated carbocycles. The summed E-state index contributed by atoms with van der Waals surface area (Å²) >= 11 is 6.09. The van der Waals surface area contributed by atoms with Gasteiger partial charge in [-0.05, 0) is 97.2 Å². The molecule has 32 heavy (non-hydrogen) atoms. The fraction of sp³-hybridized carbons (Fsp3) is 0.480. The number of amides is 1. The van der Waals surface area contributed by atoms with Gasteiger partial charge in [0.1, 0.15) is 5.82 Å². The van der Waals surface area contributed by atoms with Crippen LogP contribution in [0.4, 0.5) is 17.6 Å². The minimum Gasteiger partial charge on any atom is -0.352 e. The molecule has 4 aliphatic rings. The summed E-state index contributed by atoms with van der Waals surface area (Å²) in [4.78, 5) is 13.4. The van der Waals surface area contributed by atoms with E-state index in [0.29, 0.717) is 22.9 Å². The lowest BCUT2D eigenvalue weighted by Crippen LogP contribution is -2.59. The van der Waals surface area contributed by atoms with Gasteiger partial charge in [0.2, 0.25) is 5.91 Å². The van der Waals surface area contributed by atoms with Crippen LogP contribution in [0.1, 0.15) is 55.2 Å². The zero-order valence-corrected chi connectivity index (χ0v) is 18.2. The second-order valence-electron chi connectivity index (χ2n) is 10.1. The van der Waals surface area contributed by atoms with Crippen molar-refractivity contribution in [3.63, 3.8) is 0 Å². The van der Waals surface area contributed by atoms with Gasteiger partial charge in [-0.3, -0.25) is 4.79 Å². The highest BCUT2D eigenvalue weighted by molar-refractivity contribution is 6.30. The average Bonchev–Trinajstić information content (AvgIpc) is 2.70. The third kappa shape index (κ3) is 3.81. The predicted octanol–water partition coefficient (Wildman–Crippen LogP) is 6.65. The van der Waals surface area contributed by atoms with Gasteiger partial charge in [-0.2, -0.15) is 13.2 Å². The van der Waals surface area contributed by atoms with Gasteiger partial charge in [0.25, 0.3) is 0 Å². The monoisotopic (exact) mass is 465 g/mol. The molecular formula is C25H24ClF4NO. The van der Waals surface area contributed by atoms with Crippen molar-refractivity contribution in [1.82, 2.24) is 5.32 Å². The molecule has 2 aromatic rings. The van der Waals surface area contributed by atoms with Crippen LogP contribution in [-0.4, -0.2) is 5.91 Å². The van der Waals surface area contributed by atoms with E-state index in [4.69, 9.17) is 11.6 Å². The summed E-state index contributed by atoms with van der Waals surface area (Å²) in [5.74, 6) is -0.157. The van der Waals surface area contributed by atoms with E-state index in [1.54, 1.807) is 0 Å². The third-order valence-corrected chi connectivity index (χ3v) is 7.99. The summed E-state index contributed by atoms with van der Waals surface area (Å²) < 4.78 is 52.8. The molecule has 0 aliphatic heterocycles. The van der Waals surface area contributed by atoms with Crippen LogP contribution >= 0.6 is 11.6 Å². The quantitative estimate of drug-likeness (QED) is 0.503. The summed E-state index contributed by atoms with van der Waals surface area (Å²) in [6.07, 6.45) is 0.952. The highest BCUT2D eigenvalue weighted by atomic mass is 35.5. The van der Waals surface area contributed by atoms with Crippen molar-refractivity contribution in [3.05, 3.63) is 70.0 Å². The Balaban J connectivity index is 1.37. The molecule has 2 aromatic carbocycles. The summed E-state index contributed by atoms with van der Waals surface area (Å²) in [5, 5.41) is 3.53. The maximum Gasteiger partial charge on any atom is 0.416 e. The van der Waals surface area contributed by atoms with Crippen molar-refractivity contribution >= 4 is 17.5 Å². The molecule has 1 N–H and O–H groups in total. The highest BCUT2D eigenvalue weighted by Gasteiger charge is 2.60. The Bertz CT molecular complexity index is 1030. The minimum atomic E-state index is -4.63. The van der Waals surface area contributed by atoms with E-state index in [0.717, 1.165) is 50.7 Å². The van der Waals surface area contributed by atoms with E-state index >= 15 is 0 Å². The molecule has 0 radical (unpaired) electrons. The largest absolute Gasteiger partial charge is 0.416 e. The third-order valence-electron chi connectivity index (χ3n) is 7.74. The second kappa shape index (κ2) is 7.47. The lowest BCUT2D eigenvalue weighted by Gasteiger charge is -2.61. The first kappa shape index (κ1) is 21.7. The van der Waals surface area contributed by atoms with E-state index in [1.165, 1.54) is 5.56 Å². The highest BCUT2D eigenvalue weighted by Crippen LogP contribution is 2.65. The Kier molecular flexibility index (Phi) is 5.08. The second-order valence-corrected chi connectivity index (χ2v) is 10.5. The summed E-state index contributed by atoms with van der Waals surface area (Å²) in [6, 6.07) is 10.3. The van der Waals surface area contributed by atoms with Crippen LogP contribution in [0.5, 0.6) is 0 Å². The van der Waals surface area contributed by atoms with Crippen LogP contribution < -0.4 is 5.32 Å². The van der Waals surface area contributed by atoms with Crippen LogP contribution in [0.15, 0.2) is 42.5 Å². The first-order valence-electron chi connectivity index (χ1n) is 11.0. The molecule has 4 aliphatic carbocycles. The maximum atomic E-state index is 13.7. The van der Waals surface area contributed by atoms with Gasteiger partial charge in [-0.15, -0.1) is 0 Å². The van der Waals surface area contributed by atoms with Gasteiger partial charge in [0, 0.05) is 11.6 Å². The van der Waals surface area contributed by atoms with Crippen LogP contribution in [0.25, 0.3) is 0 Å². The summed E-state index contributed by atoms with van der Waals surface area (Å²) in [5.41, 5.74) is -0.299. The number of carbonyl (C=O) groups is 1. The standard InChI is InChI=1S/C25H24ClF4NO/c26-20-3-1-18(2-4-20)23-9-16-5-17(10-23)12-24(11-16,14-23)22(32)31-13-15-6-19(25(28,29)30)8-21(27)7-15/h1-4,6-8,16-17H,5,9-14H2,(H,31,32). The molecule has 4 fully saturated rings. The SMILES string of the molecule is O=C(NCc1cc(F)cc(C(F)(F)F)c1)C12CC3CC(C1)CC(c1ccc(Cl)cc1)(C3)C2.